The van der Waals surface area contributed by atoms with Gasteiger partial charge in [0.15, 0.2) is 5.89 Å². The molecule has 0 spiro atoms. The molecule has 0 unspecified atom stereocenters. The number of ether oxygens (including phenoxy) is 2. The van der Waals surface area contributed by atoms with Gasteiger partial charge in [0.25, 0.3) is 0 Å². The highest BCUT2D eigenvalue weighted by Crippen LogP contribution is 2.32. The van der Waals surface area contributed by atoms with Crippen LogP contribution in [0.15, 0.2) is 28.9 Å². The van der Waals surface area contributed by atoms with E-state index in [1.165, 1.54) is 0 Å². The van der Waals surface area contributed by atoms with Gasteiger partial charge in [0.05, 0.1) is 14.2 Å². The Hall–Kier alpha value is -2.01. The first-order chi connectivity index (χ1) is 8.78. The van der Waals surface area contributed by atoms with Crippen molar-refractivity contribution in [2.45, 2.75) is 6.42 Å². The molecule has 0 radical (unpaired) electrons. The van der Waals surface area contributed by atoms with Gasteiger partial charge < -0.3 is 19.6 Å². The molecule has 1 aromatic carbocycles. The zero-order valence-corrected chi connectivity index (χ0v) is 10.5. The van der Waals surface area contributed by atoms with E-state index in [9.17, 15) is 0 Å². The molecule has 0 aliphatic rings. The molecule has 0 atom stereocenters. The molecule has 0 aliphatic carbocycles. The van der Waals surface area contributed by atoms with E-state index in [0.29, 0.717) is 24.6 Å². The highest BCUT2D eigenvalue weighted by atomic mass is 16.5. The van der Waals surface area contributed by atoms with E-state index >= 15 is 0 Å². The summed E-state index contributed by atoms with van der Waals surface area (Å²) < 4.78 is 15.8. The molecule has 2 aromatic rings. The van der Waals surface area contributed by atoms with Crippen molar-refractivity contribution in [2.24, 2.45) is 5.73 Å². The summed E-state index contributed by atoms with van der Waals surface area (Å²) in [7, 11) is 3.23. The fourth-order valence-corrected chi connectivity index (χ4v) is 1.68. The van der Waals surface area contributed by atoms with Crippen LogP contribution >= 0.6 is 0 Å². The Morgan fingerprint density at radius 3 is 2.78 bits per heavy atom. The molecule has 0 aliphatic heterocycles. The van der Waals surface area contributed by atoms with Crippen LogP contribution < -0.4 is 15.2 Å². The summed E-state index contributed by atoms with van der Waals surface area (Å²) in [4.78, 5) is 4.37. The molecule has 0 amide bonds. The van der Waals surface area contributed by atoms with Crippen LogP contribution in [0.1, 0.15) is 5.89 Å². The summed E-state index contributed by atoms with van der Waals surface area (Å²) in [6, 6.07) is 5.56. The molecule has 0 saturated heterocycles. The molecule has 2 N–H and O–H groups in total. The Labute approximate surface area is 106 Å². The normalized spacial score (nSPS) is 10.4. The van der Waals surface area contributed by atoms with Crippen LogP contribution in [0.25, 0.3) is 11.3 Å². The van der Waals surface area contributed by atoms with Crippen molar-refractivity contribution in [2.75, 3.05) is 20.8 Å². The van der Waals surface area contributed by atoms with Gasteiger partial charge in [0.1, 0.15) is 23.5 Å². The smallest absolute Gasteiger partial charge is 0.195 e. The number of hydrogen-bond acceptors (Lipinski definition) is 5. The molecular weight excluding hydrogens is 232 g/mol. The minimum atomic E-state index is 0.514. The quantitative estimate of drug-likeness (QED) is 0.874. The third-order valence-corrected chi connectivity index (χ3v) is 2.59. The van der Waals surface area contributed by atoms with Crippen molar-refractivity contribution >= 4 is 0 Å². The van der Waals surface area contributed by atoms with Gasteiger partial charge in [-0.25, -0.2) is 4.98 Å². The Morgan fingerprint density at radius 1 is 1.28 bits per heavy atom. The molecule has 2 rings (SSSR count). The lowest BCUT2D eigenvalue weighted by molar-refractivity contribution is 0.395. The van der Waals surface area contributed by atoms with E-state index < -0.39 is 0 Å². The minimum absolute atomic E-state index is 0.514. The van der Waals surface area contributed by atoms with Crippen molar-refractivity contribution in [1.29, 1.82) is 0 Å². The van der Waals surface area contributed by atoms with Gasteiger partial charge >= 0.3 is 0 Å². The maximum Gasteiger partial charge on any atom is 0.195 e. The Kier molecular flexibility index (Phi) is 3.84. The number of aromatic nitrogens is 1. The molecule has 1 heterocycles. The van der Waals surface area contributed by atoms with Crippen molar-refractivity contribution in [1.82, 2.24) is 4.98 Å². The van der Waals surface area contributed by atoms with Gasteiger partial charge in [-0.15, -0.1) is 0 Å². The van der Waals surface area contributed by atoms with E-state index in [4.69, 9.17) is 19.6 Å². The average Bonchev–Trinajstić information content (AvgIpc) is 2.87. The van der Waals surface area contributed by atoms with E-state index in [0.717, 1.165) is 17.0 Å². The van der Waals surface area contributed by atoms with Gasteiger partial charge in [-0.1, -0.05) is 0 Å². The molecule has 1 aromatic heterocycles. The van der Waals surface area contributed by atoms with Crippen molar-refractivity contribution < 1.29 is 13.9 Å². The van der Waals surface area contributed by atoms with Crippen LogP contribution in [-0.4, -0.2) is 25.7 Å². The van der Waals surface area contributed by atoms with Crippen molar-refractivity contribution in [3.05, 3.63) is 30.4 Å². The summed E-state index contributed by atoms with van der Waals surface area (Å²) in [6.07, 6.45) is 2.23. The fraction of sp³-hybridized carbons (Fsp3) is 0.308. The number of hydrogen-bond donors (Lipinski definition) is 1. The number of rotatable bonds is 5. The van der Waals surface area contributed by atoms with E-state index in [1.807, 2.05) is 18.2 Å². The molecule has 18 heavy (non-hydrogen) atoms. The van der Waals surface area contributed by atoms with Gasteiger partial charge in [0.2, 0.25) is 0 Å². The summed E-state index contributed by atoms with van der Waals surface area (Å²) >= 11 is 0. The maximum absolute atomic E-state index is 5.46. The summed E-state index contributed by atoms with van der Waals surface area (Å²) in [5, 5.41) is 0. The monoisotopic (exact) mass is 248 g/mol. The average molecular weight is 248 g/mol. The first kappa shape index (κ1) is 12.4. The first-order valence-electron chi connectivity index (χ1n) is 5.65. The number of nitrogens with zero attached hydrogens (tertiary/aromatic N) is 1. The number of methoxy groups -OCH3 is 2. The molecule has 0 fully saturated rings. The summed E-state index contributed by atoms with van der Waals surface area (Å²) in [5.41, 5.74) is 7.06. The van der Waals surface area contributed by atoms with Gasteiger partial charge in [-0.3, -0.25) is 0 Å². The summed E-state index contributed by atoms with van der Waals surface area (Å²) in [5.74, 6) is 2.06. The predicted molar refractivity (Wildman–Crippen MR) is 67.8 cm³/mol. The zero-order chi connectivity index (χ0) is 13.0. The van der Waals surface area contributed by atoms with Crippen LogP contribution in [0.4, 0.5) is 0 Å². The fourth-order valence-electron chi connectivity index (χ4n) is 1.68. The predicted octanol–water partition coefficient (Wildman–Crippen LogP) is 1.86. The van der Waals surface area contributed by atoms with Gasteiger partial charge in [-0.2, -0.15) is 0 Å². The largest absolute Gasteiger partial charge is 0.497 e. The first-order valence-corrected chi connectivity index (χ1v) is 5.65. The number of benzene rings is 1. The standard InChI is InChI=1S/C13H16N2O3/c1-16-9-3-4-10(12(7-9)17-2)11-8-18-13(15-11)5-6-14/h3-4,7-8H,5-6,14H2,1-2H3. The van der Waals surface area contributed by atoms with Crippen LogP contribution in [0.2, 0.25) is 0 Å². The second-order valence-electron chi connectivity index (χ2n) is 3.73. The number of nitrogens with two attached hydrogens (primary N) is 1. The Morgan fingerprint density at radius 2 is 2.11 bits per heavy atom. The number of oxazole rings is 1. The van der Waals surface area contributed by atoms with E-state index in [2.05, 4.69) is 4.98 Å². The molecule has 0 saturated carbocycles. The van der Waals surface area contributed by atoms with Gasteiger partial charge in [-0.05, 0) is 12.1 Å². The third kappa shape index (κ3) is 2.46. The highest BCUT2D eigenvalue weighted by Gasteiger charge is 2.11. The van der Waals surface area contributed by atoms with Crippen LogP contribution in [0.3, 0.4) is 0 Å². The minimum Gasteiger partial charge on any atom is -0.497 e. The lowest BCUT2D eigenvalue weighted by atomic mass is 10.1. The zero-order valence-electron chi connectivity index (χ0n) is 10.5. The molecule has 0 bridgehead atoms. The lowest BCUT2D eigenvalue weighted by Gasteiger charge is -2.07. The van der Waals surface area contributed by atoms with E-state index in [1.54, 1.807) is 20.5 Å². The molecule has 5 nitrogen and oxygen atoms in total. The van der Waals surface area contributed by atoms with Crippen LogP contribution in [-0.2, 0) is 6.42 Å². The molecule has 5 heteroatoms. The second kappa shape index (κ2) is 5.55. The second-order valence-corrected chi connectivity index (χ2v) is 3.73. The maximum atomic E-state index is 5.46. The van der Waals surface area contributed by atoms with Crippen molar-refractivity contribution in [3.8, 4) is 22.8 Å². The Balaban J connectivity index is 2.36. The third-order valence-electron chi connectivity index (χ3n) is 2.59. The van der Waals surface area contributed by atoms with E-state index in [-0.39, 0.29) is 0 Å². The lowest BCUT2D eigenvalue weighted by Crippen LogP contribution is -2.02. The molecular formula is C13H16N2O3. The molecule has 96 valence electrons. The van der Waals surface area contributed by atoms with Crippen LogP contribution in [0, 0.1) is 0 Å². The SMILES string of the molecule is COc1ccc(-c2coc(CCN)n2)c(OC)c1. The van der Waals surface area contributed by atoms with Gasteiger partial charge in [0, 0.05) is 24.6 Å². The van der Waals surface area contributed by atoms with Crippen molar-refractivity contribution in [3.63, 3.8) is 0 Å². The highest BCUT2D eigenvalue weighted by molar-refractivity contribution is 5.67. The summed E-state index contributed by atoms with van der Waals surface area (Å²) in [6.45, 7) is 0.514. The van der Waals surface area contributed by atoms with Crippen LogP contribution in [0.5, 0.6) is 11.5 Å². The Bertz CT molecular complexity index is 523. The topological polar surface area (TPSA) is 70.5 Å².